The van der Waals surface area contributed by atoms with E-state index in [-0.39, 0.29) is 49.5 Å². The van der Waals surface area contributed by atoms with E-state index < -0.39 is 6.09 Å². The quantitative estimate of drug-likeness (QED) is 0.202. The first-order valence-corrected chi connectivity index (χ1v) is 16.7. The fraction of sp³-hybridized carbons (Fsp3) is 0.432. The summed E-state index contributed by atoms with van der Waals surface area (Å²) < 4.78 is 17.3. The summed E-state index contributed by atoms with van der Waals surface area (Å²) in [4.78, 5) is 42.6. The number of nitrogens with zero attached hydrogens (tertiary/aromatic N) is 3. The second-order valence-electron chi connectivity index (χ2n) is 12.6. The molecule has 0 saturated carbocycles. The summed E-state index contributed by atoms with van der Waals surface area (Å²) in [7, 11) is 1.64. The van der Waals surface area contributed by atoms with Crippen LogP contribution in [0.3, 0.4) is 0 Å². The van der Waals surface area contributed by atoms with Crippen molar-refractivity contribution in [3.8, 4) is 5.75 Å². The molecule has 254 valence electrons. The van der Waals surface area contributed by atoms with Crippen molar-refractivity contribution < 1.29 is 33.7 Å². The maximum absolute atomic E-state index is 12.6. The van der Waals surface area contributed by atoms with Crippen molar-refractivity contribution in [3.05, 3.63) is 89.5 Å². The number of ether oxygens (including phenoxy) is 3. The van der Waals surface area contributed by atoms with Gasteiger partial charge in [-0.1, -0.05) is 48.5 Å². The van der Waals surface area contributed by atoms with Gasteiger partial charge < -0.3 is 39.3 Å². The maximum Gasteiger partial charge on any atom is 0.407 e. The van der Waals surface area contributed by atoms with E-state index >= 15 is 0 Å². The number of methoxy groups -OCH3 is 1. The van der Waals surface area contributed by atoms with Gasteiger partial charge in [0, 0.05) is 63.1 Å². The standard InChI is InChI=1S/C37H44N4O7/c1-46-19-5-16-41-32-20-26(8-13-34(32)48-25-36(41)43)24-47-35-23-40(37(44)45)18-15-31(35)27-9-11-30(12-10-27)39-17-14-29(22-39)38-21-33(42)28-6-3-2-4-7-28/h2-4,6-13,20,29,31,35,38H,5,14-19,21-25H2,1H3,(H,44,45)/t29-,31?,35?/m1/s1. The molecule has 3 atom stereocenters. The van der Waals surface area contributed by atoms with Crippen molar-refractivity contribution in [2.24, 2.45) is 0 Å². The second kappa shape index (κ2) is 15.6. The number of likely N-dealkylation sites (tertiary alicyclic amines) is 1. The van der Waals surface area contributed by atoms with Crippen molar-refractivity contribution >= 4 is 29.2 Å². The van der Waals surface area contributed by atoms with E-state index in [1.54, 1.807) is 12.0 Å². The smallest absolute Gasteiger partial charge is 0.407 e. The molecule has 48 heavy (non-hydrogen) atoms. The zero-order valence-corrected chi connectivity index (χ0v) is 27.4. The molecular weight excluding hydrogens is 612 g/mol. The summed E-state index contributed by atoms with van der Waals surface area (Å²) in [6.45, 7) is 4.14. The van der Waals surface area contributed by atoms with Crippen LogP contribution in [0, 0.1) is 0 Å². The number of carbonyl (C=O) groups is 3. The highest BCUT2D eigenvalue weighted by Crippen LogP contribution is 2.36. The van der Waals surface area contributed by atoms with E-state index in [1.165, 1.54) is 4.90 Å². The van der Waals surface area contributed by atoms with Crippen molar-refractivity contribution in [1.82, 2.24) is 10.2 Å². The lowest BCUT2D eigenvalue weighted by molar-refractivity contribution is -0.121. The van der Waals surface area contributed by atoms with E-state index in [2.05, 4.69) is 34.5 Å². The first kappa shape index (κ1) is 33.5. The highest BCUT2D eigenvalue weighted by atomic mass is 16.5. The molecule has 0 aromatic heterocycles. The topological polar surface area (TPSA) is 121 Å². The molecule has 3 aromatic rings. The molecule has 2 fully saturated rings. The van der Waals surface area contributed by atoms with E-state index in [0.29, 0.717) is 50.5 Å². The number of hydrogen-bond acceptors (Lipinski definition) is 8. The number of fused-ring (bicyclic) bond motifs is 1. The Kier molecular flexibility index (Phi) is 10.9. The van der Waals surface area contributed by atoms with Gasteiger partial charge in [-0.15, -0.1) is 0 Å². The largest absolute Gasteiger partial charge is 0.482 e. The molecule has 0 radical (unpaired) electrons. The Labute approximate surface area is 281 Å². The van der Waals surface area contributed by atoms with Crippen LogP contribution in [-0.2, 0) is 20.9 Å². The molecular formula is C37H44N4O7. The SMILES string of the molecule is COCCCN1C(=O)COc2ccc(COC3CN(C(=O)O)CCC3c3ccc(N4CC[C@@H](NCC(=O)c5ccccc5)C4)cc3)cc21. The van der Waals surface area contributed by atoms with E-state index in [4.69, 9.17) is 14.2 Å². The Morgan fingerprint density at radius 1 is 1.00 bits per heavy atom. The van der Waals surface area contributed by atoms with Crippen molar-refractivity contribution in [2.45, 2.75) is 43.9 Å². The number of nitrogens with one attached hydrogen (secondary N) is 1. The van der Waals surface area contributed by atoms with Gasteiger partial charge in [0.1, 0.15) is 5.75 Å². The van der Waals surface area contributed by atoms with Gasteiger partial charge in [-0.05, 0) is 54.7 Å². The molecule has 3 aromatic carbocycles. The third-order valence-corrected chi connectivity index (χ3v) is 9.51. The number of piperidine rings is 1. The predicted octanol–water partition coefficient (Wildman–Crippen LogP) is 4.55. The number of Topliss-reactive ketones (excluding diaryl/α,β-unsaturated/α-hetero) is 1. The number of benzene rings is 3. The molecule has 11 heteroatoms. The van der Waals surface area contributed by atoms with Crippen molar-refractivity contribution in [1.29, 1.82) is 0 Å². The van der Waals surface area contributed by atoms with Gasteiger partial charge in [-0.3, -0.25) is 9.59 Å². The number of ketones is 1. The van der Waals surface area contributed by atoms with Gasteiger partial charge >= 0.3 is 6.09 Å². The lowest BCUT2D eigenvalue weighted by atomic mass is 9.87. The third-order valence-electron chi connectivity index (χ3n) is 9.51. The first-order chi connectivity index (χ1) is 23.4. The lowest BCUT2D eigenvalue weighted by Gasteiger charge is -2.37. The number of hydrogen-bond donors (Lipinski definition) is 2. The molecule has 11 nitrogen and oxygen atoms in total. The van der Waals surface area contributed by atoms with Crippen LogP contribution in [0.1, 0.15) is 46.7 Å². The molecule has 3 aliphatic rings. The maximum atomic E-state index is 12.6. The lowest BCUT2D eigenvalue weighted by Crippen LogP contribution is -2.46. The number of amides is 2. The Hall–Kier alpha value is -4.45. The fourth-order valence-corrected chi connectivity index (χ4v) is 6.85. The zero-order chi connectivity index (χ0) is 33.5. The van der Waals surface area contributed by atoms with Crippen molar-refractivity contribution in [2.75, 3.05) is 69.4 Å². The summed E-state index contributed by atoms with van der Waals surface area (Å²) in [6, 6.07) is 23.8. The molecule has 2 unspecified atom stereocenters. The average molecular weight is 657 g/mol. The molecule has 0 aliphatic carbocycles. The molecule has 3 aliphatic heterocycles. The minimum absolute atomic E-state index is 0.00832. The predicted molar refractivity (Wildman–Crippen MR) is 182 cm³/mol. The average Bonchev–Trinajstić information content (AvgIpc) is 3.60. The van der Waals surface area contributed by atoms with E-state index in [9.17, 15) is 19.5 Å². The zero-order valence-electron chi connectivity index (χ0n) is 27.4. The van der Waals surface area contributed by atoms with E-state index in [0.717, 1.165) is 41.9 Å². The van der Waals surface area contributed by atoms with Crippen LogP contribution >= 0.6 is 0 Å². The van der Waals surface area contributed by atoms with Gasteiger partial charge in [0.25, 0.3) is 5.91 Å². The van der Waals surface area contributed by atoms with Crippen LogP contribution in [-0.4, -0.2) is 99.5 Å². The van der Waals surface area contributed by atoms with Gasteiger partial charge in [-0.25, -0.2) is 4.79 Å². The van der Waals surface area contributed by atoms with Crippen LogP contribution in [0.15, 0.2) is 72.8 Å². The molecule has 3 heterocycles. The highest BCUT2D eigenvalue weighted by molar-refractivity contribution is 5.98. The Bertz CT molecular complexity index is 1570. The monoisotopic (exact) mass is 656 g/mol. The summed E-state index contributed by atoms with van der Waals surface area (Å²) in [6.07, 6.45) is 1.04. The van der Waals surface area contributed by atoms with Gasteiger partial charge in [0.2, 0.25) is 0 Å². The Morgan fingerprint density at radius 3 is 2.58 bits per heavy atom. The van der Waals surface area contributed by atoms with Crippen LogP contribution in [0.25, 0.3) is 0 Å². The minimum atomic E-state index is -0.948. The van der Waals surface area contributed by atoms with Gasteiger partial charge in [0.05, 0.1) is 31.5 Å². The number of carboxylic acid groups (broad SMARTS) is 1. The van der Waals surface area contributed by atoms with Crippen LogP contribution in [0.4, 0.5) is 16.2 Å². The van der Waals surface area contributed by atoms with E-state index in [1.807, 2.05) is 48.5 Å². The summed E-state index contributed by atoms with van der Waals surface area (Å²) >= 11 is 0. The van der Waals surface area contributed by atoms with Gasteiger partial charge in [0.15, 0.2) is 12.4 Å². The number of rotatable bonds is 13. The molecule has 0 spiro atoms. The Morgan fingerprint density at radius 2 is 1.81 bits per heavy atom. The van der Waals surface area contributed by atoms with Crippen LogP contribution in [0.5, 0.6) is 5.75 Å². The number of anilines is 2. The minimum Gasteiger partial charge on any atom is -0.482 e. The third kappa shape index (κ3) is 7.98. The molecule has 2 saturated heterocycles. The number of carbonyl (C=O) groups excluding carboxylic acids is 2. The summed E-state index contributed by atoms with van der Waals surface area (Å²) in [5.41, 5.74) is 4.56. The summed E-state index contributed by atoms with van der Waals surface area (Å²) in [5, 5.41) is 13.2. The fourth-order valence-electron chi connectivity index (χ4n) is 6.85. The first-order valence-electron chi connectivity index (χ1n) is 16.7. The molecule has 2 amide bonds. The highest BCUT2D eigenvalue weighted by Gasteiger charge is 2.34. The summed E-state index contributed by atoms with van der Waals surface area (Å²) in [5.74, 6) is 0.687. The Balaban J connectivity index is 1.08. The van der Waals surface area contributed by atoms with Crippen LogP contribution in [0.2, 0.25) is 0 Å². The molecule has 2 N–H and O–H groups in total. The normalized spacial score (nSPS) is 20.8. The molecule has 6 rings (SSSR count). The molecule has 0 bridgehead atoms. The van der Waals surface area contributed by atoms with Crippen molar-refractivity contribution in [3.63, 3.8) is 0 Å². The van der Waals surface area contributed by atoms with Gasteiger partial charge in [-0.2, -0.15) is 0 Å². The second-order valence-corrected chi connectivity index (χ2v) is 12.6. The van der Waals surface area contributed by atoms with Crippen LogP contribution < -0.4 is 19.9 Å².